The minimum Gasteiger partial charge on any atom is -0.496 e. The number of nitrogens with two attached hydrogens (primary N) is 1. The maximum absolute atomic E-state index is 5.79. The van der Waals surface area contributed by atoms with Crippen LogP contribution < -0.4 is 10.5 Å². The van der Waals surface area contributed by atoms with Crippen LogP contribution in [0.25, 0.3) is 0 Å². The molecule has 0 atom stereocenters. The zero-order chi connectivity index (χ0) is 13.5. The van der Waals surface area contributed by atoms with Crippen molar-refractivity contribution in [3.8, 4) is 5.75 Å². The summed E-state index contributed by atoms with van der Waals surface area (Å²) in [7, 11) is 1.66. The molecule has 106 valence electrons. The molecule has 0 amide bonds. The second kappa shape index (κ2) is 7.48. The predicted molar refractivity (Wildman–Crippen MR) is 74.1 cm³/mol. The Morgan fingerprint density at radius 2 is 2.11 bits per heavy atom. The molecule has 0 saturated carbocycles. The van der Waals surface area contributed by atoms with Gasteiger partial charge in [-0.05, 0) is 36.5 Å². The van der Waals surface area contributed by atoms with Crippen LogP contribution in [0, 0.1) is 5.92 Å². The molecule has 2 rings (SSSR count). The molecule has 1 heterocycles. The smallest absolute Gasteiger partial charge is 0.123 e. The van der Waals surface area contributed by atoms with Gasteiger partial charge >= 0.3 is 0 Å². The molecule has 1 aromatic rings. The summed E-state index contributed by atoms with van der Waals surface area (Å²) >= 11 is 0. The van der Waals surface area contributed by atoms with Gasteiger partial charge in [0, 0.05) is 25.3 Å². The molecule has 4 nitrogen and oxygen atoms in total. The topological polar surface area (TPSA) is 53.7 Å². The molecule has 1 saturated heterocycles. The molecule has 0 radical (unpaired) electrons. The van der Waals surface area contributed by atoms with E-state index < -0.39 is 0 Å². The standard InChI is InChI=1S/C15H23NO3/c1-17-15-3-2-13(8-14(15)9-16)11-19-10-12-4-6-18-7-5-12/h2-3,8,12H,4-7,9-11,16H2,1H3. The molecule has 19 heavy (non-hydrogen) atoms. The zero-order valence-electron chi connectivity index (χ0n) is 11.6. The fraction of sp³-hybridized carbons (Fsp3) is 0.600. The Morgan fingerprint density at radius 3 is 2.79 bits per heavy atom. The monoisotopic (exact) mass is 265 g/mol. The third kappa shape index (κ3) is 4.20. The highest BCUT2D eigenvalue weighted by Gasteiger charge is 2.13. The Balaban J connectivity index is 1.81. The second-order valence-corrected chi connectivity index (χ2v) is 4.92. The largest absolute Gasteiger partial charge is 0.496 e. The summed E-state index contributed by atoms with van der Waals surface area (Å²) in [6.07, 6.45) is 2.22. The van der Waals surface area contributed by atoms with E-state index >= 15 is 0 Å². The van der Waals surface area contributed by atoms with Crippen LogP contribution in [0.1, 0.15) is 24.0 Å². The van der Waals surface area contributed by atoms with Crippen LogP contribution in [-0.2, 0) is 22.6 Å². The third-order valence-corrected chi connectivity index (χ3v) is 3.53. The number of rotatable bonds is 6. The van der Waals surface area contributed by atoms with Crippen molar-refractivity contribution in [1.29, 1.82) is 0 Å². The summed E-state index contributed by atoms with van der Waals surface area (Å²) in [4.78, 5) is 0. The van der Waals surface area contributed by atoms with Gasteiger partial charge in [-0.15, -0.1) is 0 Å². The van der Waals surface area contributed by atoms with Crippen LogP contribution in [0.2, 0.25) is 0 Å². The summed E-state index contributed by atoms with van der Waals surface area (Å²) in [6.45, 7) is 3.67. The van der Waals surface area contributed by atoms with Crippen LogP contribution in [0.5, 0.6) is 5.75 Å². The Morgan fingerprint density at radius 1 is 1.32 bits per heavy atom. The van der Waals surface area contributed by atoms with Crippen LogP contribution in [0.15, 0.2) is 18.2 Å². The lowest BCUT2D eigenvalue weighted by molar-refractivity contribution is 0.0157. The van der Waals surface area contributed by atoms with Crippen molar-refractivity contribution >= 4 is 0 Å². The Bertz CT molecular complexity index is 389. The van der Waals surface area contributed by atoms with Gasteiger partial charge in [0.1, 0.15) is 5.75 Å². The predicted octanol–water partition coefficient (Wildman–Crippen LogP) is 2.10. The van der Waals surface area contributed by atoms with Crippen LogP contribution in [-0.4, -0.2) is 26.9 Å². The molecular formula is C15H23NO3. The van der Waals surface area contributed by atoms with E-state index in [1.807, 2.05) is 12.1 Å². The molecule has 1 fully saturated rings. The van der Waals surface area contributed by atoms with E-state index in [2.05, 4.69) is 6.07 Å². The highest BCUT2D eigenvalue weighted by Crippen LogP contribution is 2.20. The van der Waals surface area contributed by atoms with Gasteiger partial charge in [0.25, 0.3) is 0 Å². The van der Waals surface area contributed by atoms with Gasteiger partial charge < -0.3 is 19.9 Å². The molecule has 0 bridgehead atoms. The number of methoxy groups -OCH3 is 1. The molecule has 0 spiro atoms. The molecule has 1 aliphatic rings. The average molecular weight is 265 g/mol. The van der Waals surface area contributed by atoms with Crippen molar-refractivity contribution < 1.29 is 14.2 Å². The SMILES string of the molecule is COc1ccc(COCC2CCOCC2)cc1CN. The minimum atomic E-state index is 0.483. The van der Waals surface area contributed by atoms with Gasteiger partial charge in [-0.1, -0.05) is 6.07 Å². The molecule has 1 aromatic carbocycles. The maximum Gasteiger partial charge on any atom is 0.123 e. The van der Waals surface area contributed by atoms with Gasteiger partial charge in [0.05, 0.1) is 20.3 Å². The molecular weight excluding hydrogens is 242 g/mol. The van der Waals surface area contributed by atoms with E-state index in [1.165, 1.54) is 0 Å². The molecule has 4 heteroatoms. The summed E-state index contributed by atoms with van der Waals surface area (Å²) in [6, 6.07) is 6.04. The first-order valence-electron chi connectivity index (χ1n) is 6.85. The highest BCUT2D eigenvalue weighted by molar-refractivity contribution is 5.36. The Kier molecular flexibility index (Phi) is 5.63. The first kappa shape index (κ1) is 14.3. The Hall–Kier alpha value is -1.10. The quantitative estimate of drug-likeness (QED) is 0.855. The van der Waals surface area contributed by atoms with Crippen molar-refractivity contribution in [1.82, 2.24) is 0 Å². The van der Waals surface area contributed by atoms with Gasteiger partial charge in [-0.25, -0.2) is 0 Å². The van der Waals surface area contributed by atoms with Gasteiger partial charge in [-0.3, -0.25) is 0 Å². The van der Waals surface area contributed by atoms with Crippen molar-refractivity contribution in [2.24, 2.45) is 11.7 Å². The fourth-order valence-corrected chi connectivity index (χ4v) is 2.34. The lowest BCUT2D eigenvalue weighted by Crippen LogP contribution is -2.20. The van der Waals surface area contributed by atoms with E-state index in [1.54, 1.807) is 7.11 Å². The van der Waals surface area contributed by atoms with Gasteiger partial charge in [-0.2, -0.15) is 0 Å². The maximum atomic E-state index is 5.79. The first-order valence-corrected chi connectivity index (χ1v) is 6.85. The van der Waals surface area contributed by atoms with Crippen LogP contribution in [0.3, 0.4) is 0 Å². The zero-order valence-corrected chi connectivity index (χ0v) is 11.6. The van der Waals surface area contributed by atoms with Crippen LogP contribution in [0.4, 0.5) is 0 Å². The van der Waals surface area contributed by atoms with E-state index in [0.717, 1.165) is 49.5 Å². The van der Waals surface area contributed by atoms with E-state index in [9.17, 15) is 0 Å². The van der Waals surface area contributed by atoms with Crippen LogP contribution >= 0.6 is 0 Å². The normalized spacial score (nSPS) is 16.5. The van der Waals surface area contributed by atoms with Crippen molar-refractivity contribution in [2.45, 2.75) is 26.0 Å². The number of hydrogen-bond donors (Lipinski definition) is 1. The number of hydrogen-bond acceptors (Lipinski definition) is 4. The van der Waals surface area contributed by atoms with Crippen molar-refractivity contribution in [3.05, 3.63) is 29.3 Å². The van der Waals surface area contributed by atoms with E-state index in [0.29, 0.717) is 19.1 Å². The average Bonchev–Trinajstić information content (AvgIpc) is 2.48. The van der Waals surface area contributed by atoms with Gasteiger partial charge in [0.15, 0.2) is 0 Å². The molecule has 0 aliphatic carbocycles. The van der Waals surface area contributed by atoms with E-state index in [4.69, 9.17) is 19.9 Å². The highest BCUT2D eigenvalue weighted by atomic mass is 16.5. The molecule has 1 aliphatic heterocycles. The number of ether oxygens (including phenoxy) is 3. The molecule has 0 aromatic heterocycles. The third-order valence-electron chi connectivity index (χ3n) is 3.53. The van der Waals surface area contributed by atoms with Gasteiger partial charge in [0.2, 0.25) is 0 Å². The summed E-state index contributed by atoms with van der Waals surface area (Å²) in [5, 5.41) is 0. The fourth-order valence-electron chi connectivity index (χ4n) is 2.34. The van der Waals surface area contributed by atoms with E-state index in [-0.39, 0.29) is 0 Å². The minimum absolute atomic E-state index is 0.483. The molecule has 2 N–H and O–H groups in total. The second-order valence-electron chi connectivity index (χ2n) is 4.92. The van der Waals surface area contributed by atoms with Crippen molar-refractivity contribution in [2.75, 3.05) is 26.9 Å². The van der Waals surface area contributed by atoms with Crippen molar-refractivity contribution in [3.63, 3.8) is 0 Å². The summed E-state index contributed by atoms with van der Waals surface area (Å²) in [5.41, 5.74) is 7.88. The Labute approximate surface area is 114 Å². The molecule has 0 unspecified atom stereocenters. The first-order chi connectivity index (χ1) is 9.33. The lowest BCUT2D eigenvalue weighted by Gasteiger charge is -2.21. The lowest BCUT2D eigenvalue weighted by atomic mass is 10.0. The number of benzene rings is 1. The summed E-state index contributed by atoms with van der Waals surface area (Å²) < 4.78 is 16.4. The summed E-state index contributed by atoms with van der Waals surface area (Å²) in [5.74, 6) is 1.48.